The van der Waals surface area contributed by atoms with Crippen molar-refractivity contribution in [2.24, 2.45) is 0 Å². The molecule has 1 aromatic rings. The Morgan fingerprint density at radius 1 is 1.40 bits per heavy atom. The van der Waals surface area contributed by atoms with Gasteiger partial charge in [-0.1, -0.05) is 12.5 Å². The molecule has 0 amide bonds. The number of allylic oxidation sites excluding steroid dienone is 2. The Morgan fingerprint density at radius 3 is 3.13 bits per heavy atom. The van der Waals surface area contributed by atoms with E-state index in [0.29, 0.717) is 6.54 Å². The number of aromatic nitrogens is 3. The van der Waals surface area contributed by atoms with Gasteiger partial charge >= 0.3 is 0 Å². The normalized spacial score (nSPS) is 16.9. The van der Waals surface area contributed by atoms with Crippen LogP contribution in [-0.2, 0) is 11.3 Å². The van der Waals surface area contributed by atoms with Gasteiger partial charge in [0, 0.05) is 0 Å². The Kier molecular flexibility index (Phi) is 3.27. The summed E-state index contributed by atoms with van der Waals surface area (Å²) in [6, 6.07) is 0. The summed E-state index contributed by atoms with van der Waals surface area (Å²) in [5, 5.41) is 3.93. The van der Waals surface area contributed by atoms with Crippen LogP contribution in [0.1, 0.15) is 32.1 Å². The molecule has 0 saturated heterocycles. The minimum absolute atomic E-state index is 0.183. The molecule has 0 bridgehead atoms. The molecule has 0 fully saturated rings. The van der Waals surface area contributed by atoms with Crippen LogP contribution < -0.4 is 0 Å². The molecule has 1 aliphatic carbocycles. The lowest BCUT2D eigenvalue weighted by Gasteiger charge is -2.03. The van der Waals surface area contributed by atoms with Gasteiger partial charge in [0.2, 0.25) is 0 Å². The molecule has 4 nitrogen and oxygen atoms in total. The van der Waals surface area contributed by atoms with Gasteiger partial charge in [-0.25, -0.2) is 9.67 Å². The number of Topliss-reactive ketones (excluding diaryl/α,β-unsaturated/α-hetero) is 1. The van der Waals surface area contributed by atoms with E-state index in [2.05, 4.69) is 16.2 Å². The summed E-state index contributed by atoms with van der Waals surface area (Å²) < 4.78 is 1.58. The summed E-state index contributed by atoms with van der Waals surface area (Å²) in [5.74, 6) is 0.183. The minimum Gasteiger partial charge on any atom is -0.292 e. The molecule has 0 aromatic carbocycles. The highest BCUT2D eigenvalue weighted by Crippen LogP contribution is 2.18. The average molecular weight is 205 g/mol. The molecule has 0 unspecified atom stereocenters. The van der Waals surface area contributed by atoms with E-state index >= 15 is 0 Å². The van der Waals surface area contributed by atoms with E-state index in [0.717, 1.165) is 24.8 Å². The highest BCUT2D eigenvalue weighted by atomic mass is 16.1. The molecular formula is C11H15N3O. The largest absolute Gasteiger partial charge is 0.292 e. The maximum Gasteiger partial charge on any atom is 0.180 e. The molecule has 0 radical (unpaired) electrons. The van der Waals surface area contributed by atoms with Gasteiger partial charge in [0.15, 0.2) is 5.78 Å². The predicted octanol–water partition coefficient (Wildman–Crippen LogP) is 1.74. The average Bonchev–Trinajstić information content (AvgIpc) is 2.58. The van der Waals surface area contributed by atoms with Crippen LogP contribution in [0, 0.1) is 0 Å². The number of hydrogen-bond acceptors (Lipinski definition) is 3. The molecule has 1 aliphatic rings. The second kappa shape index (κ2) is 4.87. The van der Waals surface area contributed by atoms with E-state index in [-0.39, 0.29) is 5.78 Å². The Labute approximate surface area is 89.0 Å². The summed E-state index contributed by atoms with van der Waals surface area (Å²) in [4.78, 5) is 15.7. The first-order valence-electron chi connectivity index (χ1n) is 5.41. The Morgan fingerprint density at radius 2 is 2.33 bits per heavy atom. The molecule has 15 heavy (non-hydrogen) atoms. The first-order chi connectivity index (χ1) is 7.36. The highest BCUT2D eigenvalue weighted by molar-refractivity contribution is 5.95. The van der Waals surface area contributed by atoms with Gasteiger partial charge < -0.3 is 0 Å². The van der Waals surface area contributed by atoms with Crippen LogP contribution in [0.2, 0.25) is 0 Å². The van der Waals surface area contributed by atoms with Gasteiger partial charge in [-0.2, -0.15) is 5.10 Å². The zero-order valence-corrected chi connectivity index (χ0v) is 8.72. The topological polar surface area (TPSA) is 47.8 Å². The summed E-state index contributed by atoms with van der Waals surface area (Å²) >= 11 is 0. The van der Waals surface area contributed by atoms with Gasteiger partial charge in [-0.05, 0) is 31.3 Å². The highest BCUT2D eigenvalue weighted by Gasteiger charge is 2.11. The Bertz CT molecular complexity index is 354. The fraction of sp³-hybridized carbons (Fsp3) is 0.545. The number of nitrogens with zero attached hydrogens (tertiary/aromatic N) is 3. The second-order valence-electron chi connectivity index (χ2n) is 3.84. The lowest BCUT2D eigenvalue weighted by Crippen LogP contribution is -2.12. The van der Waals surface area contributed by atoms with E-state index in [1.54, 1.807) is 11.0 Å². The maximum absolute atomic E-state index is 11.9. The van der Waals surface area contributed by atoms with Gasteiger partial charge in [0.05, 0.1) is 0 Å². The predicted molar refractivity (Wildman–Crippen MR) is 56.2 cm³/mol. The van der Waals surface area contributed by atoms with Crippen molar-refractivity contribution in [2.45, 2.75) is 38.6 Å². The van der Waals surface area contributed by atoms with Crippen molar-refractivity contribution in [2.75, 3.05) is 0 Å². The Hall–Kier alpha value is -1.45. The van der Waals surface area contributed by atoms with Gasteiger partial charge in [-0.15, -0.1) is 0 Å². The van der Waals surface area contributed by atoms with Crippen LogP contribution in [0.3, 0.4) is 0 Å². The zero-order chi connectivity index (χ0) is 10.5. The number of rotatable bonds is 3. The van der Waals surface area contributed by atoms with Gasteiger partial charge in [-0.3, -0.25) is 4.79 Å². The van der Waals surface area contributed by atoms with Crippen molar-refractivity contribution in [1.82, 2.24) is 14.8 Å². The third-order valence-electron chi connectivity index (χ3n) is 2.67. The fourth-order valence-corrected chi connectivity index (χ4v) is 1.83. The standard InChI is InChI=1S/C11H15N3O/c15-11(7-14-9-12-8-13-14)10-5-3-1-2-4-6-10/h5,8-9H,1-4,6-7H2. The van der Waals surface area contributed by atoms with E-state index in [9.17, 15) is 4.79 Å². The van der Waals surface area contributed by atoms with Crippen molar-refractivity contribution >= 4 is 5.78 Å². The van der Waals surface area contributed by atoms with Crippen molar-refractivity contribution in [1.29, 1.82) is 0 Å². The van der Waals surface area contributed by atoms with Crippen LogP contribution >= 0.6 is 0 Å². The molecule has 1 heterocycles. The molecule has 2 rings (SSSR count). The number of ketones is 1. The van der Waals surface area contributed by atoms with Crippen molar-refractivity contribution in [3.63, 3.8) is 0 Å². The molecular weight excluding hydrogens is 190 g/mol. The van der Waals surface area contributed by atoms with E-state index in [1.165, 1.54) is 19.2 Å². The molecule has 0 N–H and O–H groups in total. The second-order valence-corrected chi connectivity index (χ2v) is 3.84. The first-order valence-corrected chi connectivity index (χ1v) is 5.41. The van der Waals surface area contributed by atoms with E-state index < -0.39 is 0 Å². The van der Waals surface area contributed by atoms with Gasteiger partial charge in [0.25, 0.3) is 0 Å². The monoisotopic (exact) mass is 205 g/mol. The van der Waals surface area contributed by atoms with Gasteiger partial charge in [0.1, 0.15) is 19.2 Å². The van der Waals surface area contributed by atoms with Crippen molar-refractivity contribution in [3.8, 4) is 0 Å². The summed E-state index contributed by atoms with van der Waals surface area (Å²) in [5.41, 5.74) is 0.975. The molecule has 0 saturated carbocycles. The first kappa shape index (κ1) is 10.1. The summed E-state index contributed by atoms with van der Waals surface area (Å²) in [6.07, 6.45) is 10.7. The molecule has 1 aromatic heterocycles. The van der Waals surface area contributed by atoms with Crippen LogP contribution in [0.15, 0.2) is 24.3 Å². The number of carbonyl (C=O) groups is 1. The third-order valence-corrected chi connectivity index (χ3v) is 2.67. The Balaban J connectivity index is 1.98. The maximum atomic E-state index is 11.9. The SMILES string of the molecule is O=C(Cn1cncn1)C1=CCCCCC1. The van der Waals surface area contributed by atoms with E-state index in [4.69, 9.17) is 0 Å². The molecule has 0 atom stereocenters. The quantitative estimate of drug-likeness (QED) is 0.755. The van der Waals surface area contributed by atoms with E-state index in [1.807, 2.05) is 0 Å². The third kappa shape index (κ3) is 2.75. The summed E-state index contributed by atoms with van der Waals surface area (Å²) in [7, 11) is 0. The molecule has 0 spiro atoms. The van der Waals surface area contributed by atoms with Crippen LogP contribution in [-0.4, -0.2) is 20.5 Å². The zero-order valence-electron chi connectivity index (χ0n) is 8.72. The number of hydrogen-bond donors (Lipinski definition) is 0. The van der Waals surface area contributed by atoms with Crippen LogP contribution in [0.25, 0.3) is 0 Å². The molecule has 0 aliphatic heterocycles. The molecule has 80 valence electrons. The lowest BCUT2D eigenvalue weighted by atomic mass is 10.1. The number of carbonyl (C=O) groups excluding carboxylic acids is 1. The van der Waals surface area contributed by atoms with Crippen LogP contribution in [0.4, 0.5) is 0 Å². The van der Waals surface area contributed by atoms with Crippen LogP contribution in [0.5, 0.6) is 0 Å². The minimum atomic E-state index is 0.183. The fourth-order valence-electron chi connectivity index (χ4n) is 1.83. The van der Waals surface area contributed by atoms with Crippen molar-refractivity contribution < 1.29 is 4.79 Å². The lowest BCUT2D eigenvalue weighted by molar-refractivity contribution is -0.116. The molecule has 4 heteroatoms. The van der Waals surface area contributed by atoms with Crippen molar-refractivity contribution in [3.05, 3.63) is 24.3 Å². The smallest absolute Gasteiger partial charge is 0.180 e. The summed E-state index contributed by atoms with van der Waals surface area (Å²) in [6.45, 7) is 0.325.